The second-order valence-corrected chi connectivity index (χ2v) is 8.62. The van der Waals surface area contributed by atoms with E-state index in [1.807, 2.05) is 29.8 Å². The number of carbonyl (C=O) groups is 2. The molecule has 1 aliphatic carbocycles. The zero-order chi connectivity index (χ0) is 14.8. The van der Waals surface area contributed by atoms with E-state index in [2.05, 4.69) is 6.26 Å². The minimum absolute atomic E-state index is 0.123. The molecule has 0 N–H and O–H groups in total. The van der Waals surface area contributed by atoms with Gasteiger partial charge in [0, 0.05) is 23.3 Å². The van der Waals surface area contributed by atoms with Gasteiger partial charge in [-0.3, -0.25) is 9.59 Å². The maximum Gasteiger partial charge on any atom is 0.140 e. The van der Waals surface area contributed by atoms with Gasteiger partial charge in [0.25, 0.3) is 0 Å². The smallest absolute Gasteiger partial charge is 0.140 e. The Balaban J connectivity index is 1.98. The Kier molecular flexibility index (Phi) is 10.2. The molecule has 2 atom stereocenters. The number of carbonyl (C=O) groups excluding carboxylic acids is 2. The summed E-state index contributed by atoms with van der Waals surface area (Å²) in [5, 5.41) is 1.63. The van der Waals surface area contributed by atoms with Crippen molar-refractivity contribution in [2.24, 2.45) is 0 Å². The van der Waals surface area contributed by atoms with E-state index in [0.717, 1.165) is 34.8 Å². The second-order valence-electron chi connectivity index (χ2n) is 5.21. The minimum atomic E-state index is 0.123. The Labute approximate surface area is 136 Å². The van der Waals surface area contributed by atoms with Crippen LogP contribution in [0.2, 0.25) is 0 Å². The fourth-order valence-corrected chi connectivity index (χ4v) is 5.29. The minimum Gasteiger partial charge on any atom is -0.299 e. The highest BCUT2D eigenvalue weighted by Gasteiger charge is 2.29. The number of Topliss-reactive ketones (excluding diaryl/α,β-unsaturated/α-hetero) is 2. The lowest BCUT2D eigenvalue weighted by molar-refractivity contribution is -0.127. The standard InChI is InChI=1S/C15H26O2S3/c1-18-9-3-5-12(16)11-13(17)6-4-10-20-15-8-7-14(15)19-2/h14-15H,3-11H2,1-2H3. The Morgan fingerprint density at radius 3 is 2.05 bits per heavy atom. The van der Waals surface area contributed by atoms with Crippen molar-refractivity contribution in [1.29, 1.82) is 0 Å². The summed E-state index contributed by atoms with van der Waals surface area (Å²) < 4.78 is 0. The lowest BCUT2D eigenvalue weighted by Crippen LogP contribution is -2.31. The molecule has 1 saturated carbocycles. The molecule has 0 amide bonds. The SMILES string of the molecule is CSCCCC(=O)CC(=O)CCCSC1CCC1SC. The maximum absolute atomic E-state index is 11.7. The van der Waals surface area contributed by atoms with E-state index >= 15 is 0 Å². The van der Waals surface area contributed by atoms with Gasteiger partial charge in [-0.1, -0.05) is 0 Å². The fourth-order valence-electron chi connectivity index (χ4n) is 2.21. The molecule has 116 valence electrons. The molecule has 0 aromatic heterocycles. The summed E-state index contributed by atoms with van der Waals surface area (Å²) in [5.41, 5.74) is 0. The molecule has 0 radical (unpaired) electrons. The van der Waals surface area contributed by atoms with Crippen LogP contribution < -0.4 is 0 Å². The van der Waals surface area contributed by atoms with Crippen molar-refractivity contribution in [2.75, 3.05) is 24.0 Å². The van der Waals surface area contributed by atoms with Gasteiger partial charge in [0.1, 0.15) is 11.6 Å². The first-order valence-electron chi connectivity index (χ1n) is 7.34. The molecular formula is C15H26O2S3. The molecule has 0 saturated heterocycles. The molecule has 0 aliphatic heterocycles. The van der Waals surface area contributed by atoms with Crippen molar-refractivity contribution in [2.45, 2.75) is 55.4 Å². The summed E-state index contributed by atoms with van der Waals surface area (Å²) in [4.78, 5) is 23.3. The fraction of sp³-hybridized carbons (Fsp3) is 0.867. The molecule has 1 fully saturated rings. The van der Waals surface area contributed by atoms with Gasteiger partial charge in [-0.25, -0.2) is 0 Å². The summed E-state index contributed by atoms with van der Waals surface area (Å²) in [7, 11) is 0. The van der Waals surface area contributed by atoms with E-state index in [-0.39, 0.29) is 18.0 Å². The third-order valence-corrected chi connectivity index (χ3v) is 7.14. The molecular weight excluding hydrogens is 308 g/mol. The van der Waals surface area contributed by atoms with E-state index in [4.69, 9.17) is 0 Å². The number of thioether (sulfide) groups is 3. The van der Waals surface area contributed by atoms with Crippen LogP contribution in [-0.4, -0.2) is 46.1 Å². The van der Waals surface area contributed by atoms with Gasteiger partial charge in [-0.15, -0.1) is 0 Å². The molecule has 0 heterocycles. The first kappa shape index (κ1) is 18.4. The molecule has 20 heavy (non-hydrogen) atoms. The van der Waals surface area contributed by atoms with Crippen LogP contribution in [0.25, 0.3) is 0 Å². The molecule has 1 aliphatic rings. The lowest BCUT2D eigenvalue weighted by atomic mass is 9.99. The number of ketones is 2. The summed E-state index contributed by atoms with van der Waals surface area (Å²) in [6, 6.07) is 0. The van der Waals surface area contributed by atoms with Crippen LogP contribution >= 0.6 is 35.3 Å². The van der Waals surface area contributed by atoms with E-state index in [1.165, 1.54) is 12.8 Å². The van der Waals surface area contributed by atoms with Crippen LogP contribution in [0, 0.1) is 0 Å². The van der Waals surface area contributed by atoms with Gasteiger partial charge in [0.2, 0.25) is 0 Å². The monoisotopic (exact) mass is 334 g/mol. The molecule has 2 nitrogen and oxygen atoms in total. The average Bonchev–Trinajstić information content (AvgIpc) is 2.38. The predicted octanol–water partition coefficient (Wildman–Crippen LogP) is 4.07. The van der Waals surface area contributed by atoms with E-state index in [0.29, 0.717) is 12.8 Å². The van der Waals surface area contributed by atoms with Crippen LogP contribution in [0.15, 0.2) is 0 Å². The van der Waals surface area contributed by atoms with Gasteiger partial charge in [-0.2, -0.15) is 35.3 Å². The predicted molar refractivity (Wildman–Crippen MR) is 94.3 cm³/mol. The van der Waals surface area contributed by atoms with Crippen LogP contribution in [0.3, 0.4) is 0 Å². The summed E-state index contributed by atoms with van der Waals surface area (Å²) >= 11 is 5.73. The quantitative estimate of drug-likeness (QED) is 0.397. The van der Waals surface area contributed by atoms with Crippen LogP contribution in [0.5, 0.6) is 0 Å². The van der Waals surface area contributed by atoms with Gasteiger partial charge in [0.15, 0.2) is 0 Å². The van der Waals surface area contributed by atoms with Crippen LogP contribution in [0.1, 0.15) is 44.9 Å². The third kappa shape index (κ3) is 7.41. The van der Waals surface area contributed by atoms with Gasteiger partial charge >= 0.3 is 0 Å². The zero-order valence-corrected chi connectivity index (χ0v) is 15.0. The first-order valence-corrected chi connectivity index (χ1v) is 11.1. The molecule has 0 aromatic carbocycles. The Morgan fingerprint density at radius 1 is 0.950 bits per heavy atom. The van der Waals surface area contributed by atoms with Crippen molar-refractivity contribution in [1.82, 2.24) is 0 Å². The maximum atomic E-state index is 11.7. The molecule has 5 heteroatoms. The molecule has 0 aromatic rings. The molecule has 0 spiro atoms. The molecule has 1 rings (SSSR count). The largest absolute Gasteiger partial charge is 0.299 e. The summed E-state index contributed by atoms with van der Waals surface area (Å²) in [6.45, 7) is 0. The number of rotatable bonds is 12. The number of hydrogen-bond acceptors (Lipinski definition) is 5. The Bertz CT molecular complexity index is 305. The molecule has 0 bridgehead atoms. The average molecular weight is 335 g/mol. The van der Waals surface area contributed by atoms with Crippen molar-refractivity contribution in [3.8, 4) is 0 Å². The van der Waals surface area contributed by atoms with E-state index in [9.17, 15) is 9.59 Å². The van der Waals surface area contributed by atoms with Crippen molar-refractivity contribution < 1.29 is 9.59 Å². The Morgan fingerprint density at radius 2 is 1.55 bits per heavy atom. The number of hydrogen-bond donors (Lipinski definition) is 0. The van der Waals surface area contributed by atoms with Gasteiger partial charge in [-0.05, 0) is 49.7 Å². The Hall–Kier alpha value is 0.390. The van der Waals surface area contributed by atoms with E-state index < -0.39 is 0 Å². The third-order valence-electron chi connectivity index (χ3n) is 3.58. The summed E-state index contributed by atoms with van der Waals surface area (Å²) in [6.07, 6.45) is 10.0. The van der Waals surface area contributed by atoms with Gasteiger partial charge in [0.05, 0.1) is 6.42 Å². The van der Waals surface area contributed by atoms with Crippen LogP contribution in [-0.2, 0) is 9.59 Å². The van der Waals surface area contributed by atoms with Crippen LogP contribution in [0.4, 0.5) is 0 Å². The highest BCUT2D eigenvalue weighted by atomic mass is 32.2. The van der Waals surface area contributed by atoms with Crippen molar-refractivity contribution in [3.05, 3.63) is 0 Å². The highest BCUT2D eigenvalue weighted by Crippen LogP contribution is 2.39. The molecule has 2 unspecified atom stereocenters. The summed E-state index contributed by atoms with van der Waals surface area (Å²) in [5.74, 6) is 2.33. The first-order chi connectivity index (χ1) is 9.67. The highest BCUT2D eigenvalue weighted by molar-refractivity contribution is 8.03. The second kappa shape index (κ2) is 11.0. The zero-order valence-electron chi connectivity index (χ0n) is 12.6. The van der Waals surface area contributed by atoms with Crippen molar-refractivity contribution in [3.63, 3.8) is 0 Å². The van der Waals surface area contributed by atoms with Crippen molar-refractivity contribution >= 4 is 46.9 Å². The lowest BCUT2D eigenvalue weighted by Gasteiger charge is -2.34. The van der Waals surface area contributed by atoms with Gasteiger partial charge < -0.3 is 0 Å². The topological polar surface area (TPSA) is 34.1 Å². The van der Waals surface area contributed by atoms with E-state index in [1.54, 1.807) is 11.8 Å². The normalized spacial score (nSPS) is 21.5.